The van der Waals surface area contributed by atoms with Crippen LogP contribution >= 0.6 is 11.8 Å². The molecule has 7 heteroatoms. The van der Waals surface area contributed by atoms with Crippen molar-refractivity contribution in [3.8, 4) is 17.1 Å². The number of nitrogens with zero attached hydrogens (tertiary/aromatic N) is 4. The van der Waals surface area contributed by atoms with Crippen molar-refractivity contribution >= 4 is 17.7 Å². The molecule has 1 fully saturated rings. The molecule has 0 radical (unpaired) electrons. The zero-order valence-corrected chi connectivity index (χ0v) is 20.4. The first-order valence-electron chi connectivity index (χ1n) is 11.6. The molecule has 6 nitrogen and oxygen atoms in total. The van der Waals surface area contributed by atoms with Crippen LogP contribution in [0.3, 0.4) is 0 Å². The van der Waals surface area contributed by atoms with Gasteiger partial charge in [0, 0.05) is 19.6 Å². The minimum absolute atomic E-state index is 0.176. The van der Waals surface area contributed by atoms with Crippen molar-refractivity contribution in [2.24, 2.45) is 11.8 Å². The second-order valence-corrected chi connectivity index (χ2v) is 9.87. The van der Waals surface area contributed by atoms with Crippen LogP contribution in [-0.2, 0) is 17.8 Å². The Morgan fingerprint density at radius 3 is 2.45 bits per heavy atom. The number of aryl methyl sites for hydroxylation is 1. The van der Waals surface area contributed by atoms with Crippen molar-refractivity contribution in [1.29, 1.82) is 0 Å². The third-order valence-electron chi connectivity index (χ3n) is 6.08. The number of ether oxygens (including phenoxy) is 1. The average molecular weight is 465 g/mol. The van der Waals surface area contributed by atoms with E-state index < -0.39 is 0 Å². The molecule has 0 aliphatic carbocycles. The molecule has 2 heterocycles. The Balaban J connectivity index is 1.55. The van der Waals surface area contributed by atoms with Gasteiger partial charge in [0.05, 0.1) is 18.4 Å². The van der Waals surface area contributed by atoms with E-state index in [0.717, 1.165) is 48.3 Å². The second-order valence-electron chi connectivity index (χ2n) is 8.93. The van der Waals surface area contributed by atoms with E-state index in [0.29, 0.717) is 17.6 Å². The minimum Gasteiger partial charge on any atom is -0.496 e. The number of rotatable bonds is 8. The summed E-state index contributed by atoms with van der Waals surface area (Å²) in [5.41, 5.74) is 2.15. The summed E-state index contributed by atoms with van der Waals surface area (Å²) in [7, 11) is 1.67. The van der Waals surface area contributed by atoms with Crippen molar-refractivity contribution in [1.82, 2.24) is 19.7 Å². The van der Waals surface area contributed by atoms with Gasteiger partial charge < -0.3 is 14.2 Å². The van der Waals surface area contributed by atoms with Gasteiger partial charge in [0.2, 0.25) is 5.91 Å². The number of hydrogen-bond acceptors (Lipinski definition) is 5. The van der Waals surface area contributed by atoms with E-state index in [2.05, 4.69) is 52.9 Å². The van der Waals surface area contributed by atoms with Gasteiger partial charge in [-0.05, 0) is 42.4 Å². The highest BCUT2D eigenvalue weighted by Crippen LogP contribution is 2.31. The summed E-state index contributed by atoms with van der Waals surface area (Å²) in [5.74, 6) is 3.17. The summed E-state index contributed by atoms with van der Waals surface area (Å²) < 4.78 is 7.69. The van der Waals surface area contributed by atoms with Crippen LogP contribution in [0.2, 0.25) is 0 Å². The number of methoxy groups -OCH3 is 1. The van der Waals surface area contributed by atoms with Crippen LogP contribution in [0.15, 0.2) is 59.8 Å². The Bertz CT molecular complexity index is 1060. The highest BCUT2D eigenvalue weighted by Gasteiger charge is 2.26. The minimum atomic E-state index is 0.176. The van der Waals surface area contributed by atoms with Gasteiger partial charge in [-0.3, -0.25) is 4.79 Å². The van der Waals surface area contributed by atoms with E-state index in [1.54, 1.807) is 7.11 Å². The topological polar surface area (TPSA) is 60.3 Å². The number of piperidine rings is 1. The molecule has 0 saturated carbocycles. The van der Waals surface area contributed by atoms with Crippen molar-refractivity contribution in [3.05, 3.63) is 60.2 Å². The number of likely N-dealkylation sites (tertiary alicyclic amines) is 1. The van der Waals surface area contributed by atoms with Gasteiger partial charge in [-0.15, -0.1) is 10.2 Å². The molecule has 0 spiro atoms. The zero-order valence-electron chi connectivity index (χ0n) is 19.6. The van der Waals surface area contributed by atoms with Crippen LogP contribution < -0.4 is 4.74 Å². The first-order valence-corrected chi connectivity index (χ1v) is 12.5. The Morgan fingerprint density at radius 1 is 1.03 bits per heavy atom. The lowest BCUT2D eigenvalue weighted by Crippen LogP contribution is -2.43. The summed E-state index contributed by atoms with van der Waals surface area (Å²) in [4.78, 5) is 15.0. The van der Waals surface area contributed by atoms with Crippen LogP contribution in [0.4, 0.5) is 0 Å². The van der Waals surface area contributed by atoms with Gasteiger partial charge in [-0.1, -0.05) is 68.1 Å². The third-order valence-corrected chi connectivity index (χ3v) is 7.03. The molecule has 33 heavy (non-hydrogen) atoms. The Labute approximate surface area is 200 Å². The number of carbonyl (C=O) groups excluding carboxylic acids is 1. The summed E-state index contributed by atoms with van der Waals surface area (Å²) in [6.07, 6.45) is 2.04. The maximum Gasteiger partial charge on any atom is 0.233 e. The van der Waals surface area contributed by atoms with E-state index in [-0.39, 0.29) is 5.91 Å². The lowest BCUT2D eigenvalue weighted by Gasteiger charge is -2.35. The predicted molar refractivity (Wildman–Crippen MR) is 132 cm³/mol. The molecule has 1 amide bonds. The van der Waals surface area contributed by atoms with Gasteiger partial charge in [-0.2, -0.15) is 0 Å². The van der Waals surface area contributed by atoms with Crippen LogP contribution in [0, 0.1) is 11.8 Å². The van der Waals surface area contributed by atoms with Crippen molar-refractivity contribution < 1.29 is 9.53 Å². The molecule has 174 valence electrons. The molecule has 1 saturated heterocycles. The molecule has 1 aliphatic rings. The summed E-state index contributed by atoms with van der Waals surface area (Å²) >= 11 is 1.47. The third kappa shape index (κ3) is 5.77. The largest absolute Gasteiger partial charge is 0.496 e. The van der Waals surface area contributed by atoms with E-state index in [4.69, 9.17) is 4.74 Å². The number of amides is 1. The molecule has 0 bridgehead atoms. The molecule has 2 atom stereocenters. The van der Waals surface area contributed by atoms with Crippen LogP contribution in [0.5, 0.6) is 5.75 Å². The molecular formula is C26H32N4O2S. The number of benzene rings is 2. The Hall–Kier alpha value is -2.80. The number of aromatic nitrogens is 3. The quantitative estimate of drug-likeness (QED) is 0.449. The summed E-state index contributed by atoms with van der Waals surface area (Å²) in [6.45, 7) is 6.86. The van der Waals surface area contributed by atoms with E-state index in [1.807, 2.05) is 35.2 Å². The Kier molecular flexibility index (Phi) is 7.70. The first-order chi connectivity index (χ1) is 16.0. The van der Waals surface area contributed by atoms with Gasteiger partial charge >= 0.3 is 0 Å². The molecule has 2 aromatic carbocycles. The van der Waals surface area contributed by atoms with Crippen LogP contribution in [0.25, 0.3) is 11.4 Å². The first kappa shape index (κ1) is 23.4. The molecule has 1 aliphatic heterocycles. The SMILES string of the molecule is COc1ccccc1-c1nnc(SCC(=O)N2CC(C)CC(C)C2)n1CCc1ccccc1. The van der Waals surface area contributed by atoms with E-state index >= 15 is 0 Å². The predicted octanol–water partition coefficient (Wildman–Crippen LogP) is 4.79. The standard InChI is InChI=1S/C26H32N4O2S/c1-19-15-20(2)17-29(16-19)24(31)18-33-26-28-27-25(22-11-7-8-12-23(22)32-3)30(26)14-13-21-9-5-4-6-10-21/h4-12,19-20H,13-18H2,1-3H3. The zero-order chi connectivity index (χ0) is 23.2. The number of thioether (sulfide) groups is 1. The average Bonchev–Trinajstić information content (AvgIpc) is 3.23. The summed E-state index contributed by atoms with van der Waals surface area (Å²) in [6, 6.07) is 18.2. The molecule has 1 aromatic heterocycles. The molecular weight excluding hydrogens is 432 g/mol. The normalized spacial score (nSPS) is 18.3. The van der Waals surface area contributed by atoms with E-state index in [9.17, 15) is 4.79 Å². The van der Waals surface area contributed by atoms with E-state index in [1.165, 1.54) is 23.7 Å². The van der Waals surface area contributed by atoms with Crippen molar-refractivity contribution in [2.75, 3.05) is 26.0 Å². The number of carbonyl (C=O) groups is 1. The fraction of sp³-hybridized carbons (Fsp3) is 0.423. The lowest BCUT2D eigenvalue weighted by molar-refractivity contribution is -0.130. The van der Waals surface area contributed by atoms with Crippen molar-refractivity contribution in [2.45, 2.75) is 38.4 Å². The van der Waals surface area contributed by atoms with Crippen molar-refractivity contribution in [3.63, 3.8) is 0 Å². The van der Waals surface area contributed by atoms with Crippen LogP contribution in [-0.4, -0.2) is 51.5 Å². The second kappa shape index (κ2) is 10.9. The highest BCUT2D eigenvalue weighted by molar-refractivity contribution is 7.99. The van der Waals surface area contributed by atoms with Gasteiger partial charge in [0.25, 0.3) is 0 Å². The van der Waals surface area contributed by atoms with Gasteiger partial charge in [0.1, 0.15) is 5.75 Å². The van der Waals surface area contributed by atoms with Gasteiger partial charge in [-0.25, -0.2) is 0 Å². The Morgan fingerprint density at radius 2 is 1.73 bits per heavy atom. The fourth-order valence-corrected chi connectivity index (χ4v) is 5.46. The molecule has 3 aromatic rings. The number of para-hydroxylation sites is 1. The lowest BCUT2D eigenvalue weighted by atomic mass is 9.92. The monoisotopic (exact) mass is 464 g/mol. The maximum absolute atomic E-state index is 13.0. The number of hydrogen-bond donors (Lipinski definition) is 0. The summed E-state index contributed by atoms with van der Waals surface area (Å²) in [5, 5.41) is 9.75. The maximum atomic E-state index is 13.0. The molecule has 0 N–H and O–H groups in total. The smallest absolute Gasteiger partial charge is 0.233 e. The van der Waals surface area contributed by atoms with Crippen LogP contribution in [0.1, 0.15) is 25.8 Å². The fourth-order valence-electron chi connectivity index (χ4n) is 4.60. The molecule has 4 rings (SSSR count). The highest BCUT2D eigenvalue weighted by atomic mass is 32.2. The van der Waals surface area contributed by atoms with Gasteiger partial charge in [0.15, 0.2) is 11.0 Å². The molecule has 2 unspecified atom stereocenters.